The summed E-state index contributed by atoms with van der Waals surface area (Å²) in [6, 6.07) is 9.93. The molecule has 0 aromatic heterocycles. The molecular formula is C18H29N3. The van der Waals surface area contributed by atoms with Crippen molar-refractivity contribution in [3.05, 3.63) is 24.3 Å². The fraction of sp³-hybridized carbons (Fsp3) is 0.667. The van der Waals surface area contributed by atoms with E-state index in [1.54, 1.807) is 0 Å². The van der Waals surface area contributed by atoms with Crippen LogP contribution in [0.3, 0.4) is 0 Å². The number of piperidine rings is 2. The minimum Gasteiger partial charge on any atom is -0.372 e. The Hall–Kier alpha value is -1.22. The third kappa shape index (κ3) is 3.70. The summed E-state index contributed by atoms with van der Waals surface area (Å²) in [6.45, 7) is 8.08. The summed E-state index contributed by atoms with van der Waals surface area (Å²) < 4.78 is 0. The van der Waals surface area contributed by atoms with E-state index in [0.29, 0.717) is 6.04 Å². The Morgan fingerprint density at radius 1 is 0.905 bits per heavy atom. The molecule has 21 heavy (non-hydrogen) atoms. The summed E-state index contributed by atoms with van der Waals surface area (Å²) in [7, 11) is 0. The molecule has 2 fully saturated rings. The fourth-order valence-electron chi connectivity index (χ4n) is 3.69. The van der Waals surface area contributed by atoms with Gasteiger partial charge in [0.1, 0.15) is 0 Å². The first-order chi connectivity index (χ1) is 10.4. The number of benzene rings is 1. The molecule has 116 valence electrons. The first-order valence-corrected chi connectivity index (χ1v) is 8.70. The highest BCUT2D eigenvalue weighted by Gasteiger charge is 2.19. The van der Waals surface area contributed by atoms with Gasteiger partial charge in [0.2, 0.25) is 0 Å². The van der Waals surface area contributed by atoms with Crippen LogP contribution in [0.4, 0.5) is 11.4 Å². The van der Waals surface area contributed by atoms with E-state index in [1.165, 1.54) is 63.1 Å². The molecule has 1 atom stereocenters. The predicted octanol–water partition coefficient (Wildman–Crippen LogP) is 3.26. The molecule has 0 saturated carbocycles. The molecule has 1 aromatic rings. The summed E-state index contributed by atoms with van der Waals surface area (Å²) in [6.07, 6.45) is 6.70. The van der Waals surface area contributed by atoms with Crippen LogP contribution in [0.15, 0.2) is 24.3 Å². The minimum absolute atomic E-state index is 0.658. The highest BCUT2D eigenvalue weighted by atomic mass is 15.2. The smallest absolute Gasteiger partial charge is 0.0368 e. The average Bonchev–Trinajstić information content (AvgIpc) is 2.56. The Bertz CT molecular complexity index is 421. The molecule has 2 heterocycles. The van der Waals surface area contributed by atoms with Crippen molar-refractivity contribution in [1.82, 2.24) is 5.32 Å². The molecule has 0 radical (unpaired) electrons. The zero-order valence-corrected chi connectivity index (χ0v) is 13.4. The van der Waals surface area contributed by atoms with Gasteiger partial charge in [-0.05, 0) is 62.9 Å². The number of hydrogen-bond acceptors (Lipinski definition) is 3. The van der Waals surface area contributed by atoms with Gasteiger partial charge in [0.05, 0.1) is 0 Å². The quantitative estimate of drug-likeness (QED) is 0.917. The van der Waals surface area contributed by atoms with Crippen molar-refractivity contribution in [2.75, 3.05) is 42.5 Å². The SMILES string of the molecule is CCNC1CCCN(c2ccc(N3CCCCC3)cc2)C1. The van der Waals surface area contributed by atoms with E-state index < -0.39 is 0 Å². The Kier molecular flexibility index (Phi) is 5.02. The second kappa shape index (κ2) is 7.17. The second-order valence-corrected chi connectivity index (χ2v) is 6.41. The standard InChI is InChI=1S/C18H29N3/c1-2-19-16-7-6-14-21(15-16)18-10-8-17(9-11-18)20-12-4-3-5-13-20/h8-11,16,19H,2-7,12-15H2,1H3. The molecule has 1 aromatic carbocycles. The van der Waals surface area contributed by atoms with Gasteiger partial charge >= 0.3 is 0 Å². The number of anilines is 2. The van der Waals surface area contributed by atoms with Gasteiger partial charge in [-0.1, -0.05) is 6.92 Å². The summed E-state index contributed by atoms with van der Waals surface area (Å²) >= 11 is 0. The van der Waals surface area contributed by atoms with Gasteiger partial charge in [-0.15, -0.1) is 0 Å². The molecule has 1 unspecified atom stereocenters. The lowest BCUT2D eigenvalue weighted by Crippen LogP contribution is -2.45. The van der Waals surface area contributed by atoms with Crippen LogP contribution in [0.1, 0.15) is 39.0 Å². The Morgan fingerprint density at radius 2 is 1.52 bits per heavy atom. The van der Waals surface area contributed by atoms with Crippen LogP contribution in [-0.4, -0.2) is 38.8 Å². The van der Waals surface area contributed by atoms with Gasteiger partial charge in [-0.25, -0.2) is 0 Å². The normalized spacial score (nSPS) is 23.4. The monoisotopic (exact) mass is 287 g/mol. The highest BCUT2D eigenvalue weighted by Crippen LogP contribution is 2.25. The number of rotatable bonds is 4. The van der Waals surface area contributed by atoms with E-state index in [4.69, 9.17) is 0 Å². The molecule has 3 rings (SSSR count). The van der Waals surface area contributed by atoms with Crippen LogP contribution in [0, 0.1) is 0 Å². The van der Waals surface area contributed by atoms with E-state index in [1.807, 2.05) is 0 Å². The molecule has 0 aliphatic carbocycles. The van der Waals surface area contributed by atoms with Crippen LogP contribution < -0.4 is 15.1 Å². The summed E-state index contributed by atoms with van der Waals surface area (Å²) in [5, 5.41) is 3.60. The highest BCUT2D eigenvalue weighted by molar-refractivity contribution is 5.56. The maximum atomic E-state index is 3.60. The van der Waals surface area contributed by atoms with Crippen LogP contribution in [-0.2, 0) is 0 Å². The van der Waals surface area contributed by atoms with Crippen molar-refractivity contribution >= 4 is 11.4 Å². The Morgan fingerprint density at radius 3 is 2.19 bits per heavy atom. The Labute approximate surface area is 129 Å². The number of hydrogen-bond donors (Lipinski definition) is 1. The van der Waals surface area contributed by atoms with Crippen molar-refractivity contribution in [3.63, 3.8) is 0 Å². The minimum atomic E-state index is 0.658. The molecule has 2 saturated heterocycles. The van der Waals surface area contributed by atoms with E-state index >= 15 is 0 Å². The fourth-order valence-corrected chi connectivity index (χ4v) is 3.69. The van der Waals surface area contributed by atoms with Gasteiger partial charge in [0.25, 0.3) is 0 Å². The predicted molar refractivity (Wildman–Crippen MR) is 91.4 cm³/mol. The van der Waals surface area contributed by atoms with Gasteiger partial charge in [0, 0.05) is 43.6 Å². The van der Waals surface area contributed by atoms with E-state index in [-0.39, 0.29) is 0 Å². The van der Waals surface area contributed by atoms with Crippen LogP contribution >= 0.6 is 0 Å². The maximum Gasteiger partial charge on any atom is 0.0368 e. The Balaban J connectivity index is 1.63. The van der Waals surface area contributed by atoms with Crippen molar-refractivity contribution in [3.8, 4) is 0 Å². The lowest BCUT2D eigenvalue weighted by molar-refractivity contribution is 0.431. The lowest BCUT2D eigenvalue weighted by atomic mass is 10.0. The van der Waals surface area contributed by atoms with Gasteiger partial charge in [-0.3, -0.25) is 0 Å². The largest absolute Gasteiger partial charge is 0.372 e. The van der Waals surface area contributed by atoms with Gasteiger partial charge in [-0.2, -0.15) is 0 Å². The van der Waals surface area contributed by atoms with Crippen molar-refractivity contribution in [2.24, 2.45) is 0 Å². The topological polar surface area (TPSA) is 18.5 Å². The lowest BCUT2D eigenvalue weighted by Gasteiger charge is -2.35. The molecule has 2 aliphatic heterocycles. The third-order valence-corrected chi connectivity index (χ3v) is 4.85. The average molecular weight is 287 g/mol. The van der Waals surface area contributed by atoms with Crippen LogP contribution in [0.5, 0.6) is 0 Å². The van der Waals surface area contributed by atoms with E-state index in [2.05, 4.69) is 46.3 Å². The molecule has 2 aliphatic rings. The summed E-state index contributed by atoms with van der Waals surface area (Å²) in [4.78, 5) is 5.07. The first-order valence-electron chi connectivity index (χ1n) is 8.70. The molecule has 0 bridgehead atoms. The zero-order chi connectivity index (χ0) is 14.5. The summed E-state index contributed by atoms with van der Waals surface area (Å²) in [5.41, 5.74) is 2.79. The van der Waals surface area contributed by atoms with Crippen molar-refractivity contribution in [1.29, 1.82) is 0 Å². The van der Waals surface area contributed by atoms with Crippen LogP contribution in [0.2, 0.25) is 0 Å². The van der Waals surface area contributed by atoms with Gasteiger partial charge < -0.3 is 15.1 Å². The third-order valence-electron chi connectivity index (χ3n) is 4.85. The second-order valence-electron chi connectivity index (χ2n) is 6.41. The molecule has 0 spiro atoms. The molecule has 1 N–H and O–H groups in total. The summed E-state index contributed by atoms with van der Waals surface area (Å²) in [5.74, 6) is 0. The maximum absolute atomic E-state index is 3.60. The van der Waals surface area contributed by atoms with Crippen molar-refractivity contribution < 1.29 is 0 Å². The van der Waals surface area contributed by atoms with Gasteiger partial charge in [0.15, 0.2) is 0 Å². The van der Waals surface area contributed by atoms with E-state index in [0.717, 1.165) is 13.1 Å². The molecular weight excluding hydrogens is 258 g/mol. The number of likely N-dealkylation sites (N-methyl/N-ethyl adjacent to an activating group) is 1. The van der Waals surface area contributed by atoms with E-state index in [9.17, 15) is 0 Å². The number of nitrogens with zero attached hydrogens (tertiary/aromatic N) is 2. The molecule has 3 heteroatoms. The first kappa shape index (κ1) is 14.7. The van der Waals surface area contributed by atoms with Crippen LogP contribution in [0.25, 0.3) is 0 Å². The zero-order valence-electron chi connectivity index (χ0n) is 13.4. The van der Waals surface area contributed by atoms with Crippen molar-refractivity contribution in [2.45, 2.75) is 45.1 Å². The molecule has 3 nitrogen and oxygen atoms in total. The number of nitrogens with one attached hydrogen (secondary N) is 1. The molecule has 0 amide bonds.